The van der Waals surface area contributed by atoms with Gasteiger partial charge < -0.3 is 4.90 Å². The van der Waals surface area contributed by atoms with Gasteiger partial charge in [-0.3, -0.25) is 9.59 Å². The van der Waals surface area contributed by atoms with Crippen LogP contribution in [-0.4, -0.2) is 42.3 Å². The molecule has 22 heavy (non-hydrogen) atoms. The van der Waals surface area contributed by atoms with Crippen LogP contribution < -0.4 is 0 Å². The van der Waals surface area contributed by atoms with Crippen LogP contribution in [0.3, 0.4) is 0 Å². The highest BCUT2D eigenvalue weighted by molar-refractivity contribution is 7.92. The van der Waals surface area contributed by atoms with Crippen molar-refractivity contribution in [2.45, 2.75) is 55.3 Å². The number of nitrogens with zero attached hydrogens (tertiary/aromatic N) is 1. The number of ketones is 1. The second kappa shape index (κ2) is 5.19. The Bertz CT molecular complexity index is 723. The third-order valence-corrected chi connectivity index (χ3v) is 6.80. The molecule has 0 radical (unpaired) electrons. The molecule has 0 bridgehead atoms. The number of fused-ring (bicyclic) bond motifs is 1. The fraction of sp³-hybridized carbons (Fsp3) is 0.500. The number of benzene rings is 1. The molecule has 118 valence electrons. The van der Waals surface area contributed by atoms with E-state index in [1.54, 1.807) is 17.0 Å². The van der Waals surface area contributed by atoms with Gasteiger partial charge in [0.1, 0.15) is 5.25 Å². The number of amides is 1. The Balaban J connectivity index is 2.03. The fourth-order valence-corrected chi connectivity index (χ4v) is 5.50. The molecule has 0 aliphatic carbocycles. The van der Waals surface area contributed by atoms with Crippen molar-refractivity contribution >= 4 is 21.5 Å². The summed E-state index contributed by atoms with van der Waals surface area (Å²) in [7, 11) is -3.77. The van der Waals surface area contributed by atoms with Gasteiger partial charge in [-0.05, 0) is 32.4 Å². The van der Waals surface area contributed by atoms with Gasteiger partial charge in [0.05, 0.1) is 10.9 Å². The van der Waals surface area contributed by atoms with Crippen LogP contribution >= 0.6 is 0 Å². The van der Waals surface area contributed by atoms with Crippen LogP contribution in [0.4, 0.5) is 0 Å². The molecule has 0 N–H and O–H groups in total. The van der Waals surface area contributed by atoms with E-state index in [0.29, 0.717) is 12.8 Å². The van der Waals surface area contributed by atoms with Gasteiger partial charge in [-0.25, -0.2) is 8.42 Å². The lowest BCUT2D eigenvalue weighted by Gasteiger charge is -2.39. The maximum absolute atomic E-state index is 12.9. The Morgan fingerprint density at radius 1 is 1.14 bits per heavy atom. The predicted octanol–water partition coefficient (Wildman–Crippen LogP) is 1.49. The number of rotatable bonds is 2. The van der Waals surface area contributed by atoms with E-state index in [9.17, 15) is 18.0 Å². The maximum atomic E-state index is 12.9. The Hall–Kier alpha value is -1.69. The summed E-state index contributed by atoms with van der Waals surface area (Å²) in [4.78, 5) is 26.2. The van der Waals surface area contributed by atoms with Gasteiger partial charge in [0.15, 0.2) is 15.6 Å². The quantitative estimate of drug-likeness (QED) is 0.827. The number of Topliss-reactive ketones (excluding diaryl/α,β-unsaturated/α-hetero) is 1. The van der Waals surface area contributed by atoms with Crippen molar-refractivity contribution in [2.75, 3.05) is 0 Å². The second-order valence-electron chi connectivity index (χ2n) is 6.21. The van der Waals surface area contributed by atoms with Gasteiger partial charge >= 0.3 is 0 Å². The molecule has 2 saturated heterocycles. The van der Waals surface area contributed by atoms with Crippen LogP contribution in [0.1, 0.15) is 31.7 Å². The van der Waals surface area contributed by atoms with Crippen LogP contribution in [0.25, 0.3) is 0 Å². The van der Waals surface area contributed by atoms with Crippen LogP contribution in [0.5, 0.6) is 0 Å². The maximum Gasteiger partial charge on any atom is 0.223 e. The molecule has 2 heterocycles. The van der Waals surface area contributed by atoms with Crippen molar-refractivity contribution in [3.63, 3.8) is 0 Å². The average molecular weight is 321 g/mol. The van der Waals surface area contributed by atoms with E-state index < -0.39 is 21.1 Å². The van der Waals surface area contributed by atoms with E-state index in [-0.39, 0.29) is 29.0 Å². The Morgan fingerprint density at radius 3 is 2.41 bits per heavy atom. The Morgan fingerprint density at radius 2 is 1.77 bits per heavy atom. The molecule has 1 aromatic rings. The predicted molar refractivity (Wildman–Crippen MR) is 81.1 cm³/mol. The lowest BCUT2D eigenvalue weighted by Crippen LogP contribution is -2.57. The third kappa shape index (κ3) is 2.26. The molecule has 1 aromatic carbocycles. The summed E-state index contributed by atoms with van der Waals surface area (Å²) < 4.78 is 25.8. The minimum atomic E-state index is -3.77. The van der Waals surface area contributed by atoms with Crippen LogP contribution in [-0.2, 0) is 19.4 Å². The van der Waals surface area contributed by atoms with Gasteiger partial charge in [0.25, 0.3) is 0 Å². The first-order valence-electron chi connectivity index (χ1n) is 7.47. The van der Waals surface area contributed by atoms with Crippen LogP contribution in [0.15, 0.2) is 29.2 Å². The number of aryl methyl sites for hydroxylation is 1. The number of carbonyl (C=O) groups excluding carboxylic acids is 2. The monoisotopic (exact) mass is 321 g/mol. The zero-order chi connectivity index (χ0) is 16.1. The SMILES string of the molecule is Cc1ccc(S(=O)(=O)[C@@H]2C(=O)C[C@H](C)N3C(=O)CC[C@@H]23)cc1. The zero-order valence-electron chi connectivity index (χ0n) is 12.7. The lowest BCUT2D eigenvalue weighted by atomic mass is 9.96. The largest absolute Gasteiger partial charge is 0.335 e. The topological polar surface area (TPSA) is 71.5 Å². The molecular weight excluding hydrogens is 302 g/mol. The Labute approximate surface area is 130 Å². The van der Waals surface area contributed by atoms with E-state index >= 15 is 0 Å². The second-order valence-corrected chi connectivity index (χ2v) is 8.27. The lowest BCUT2D eigenvalue weighted by molar-refractivity contribution is -0.135. The summed E-state index contributed by atoms with van der Waals surface area (Å²) >= 11 is 0. The number of carbonyl (C=O) groups is 2. The number of hydrogen-bond acceptors (Lipinski definition) is 4. The molecule has 1 amide bonds. The first-order valence-corrected chi connectivity index (χ1v) is 9.01. The number of piperidine rings is 1. The molecular formula is C16H19NO4S. The summed E-state index contributed by atoms with van der Waals surface area (Å²) in [6, 6.07) is 5.79. The summed E-state index contributed by atoms with van der Waals surface area (Å²) in [5, 5.41) is -1.13. The van der Waals surface area contributed by atoms with E-state index in [4.69, 9.17) is 0 Å². The van der Waals surface area contributed by atoms with Crippen molar-refractivity contribution in [1.82, 2.24) is 4.90 Å². The van der Waals surface area contributed by atoms with Gasteiger partial charge in [-0.2, -0.15) is 0 Å². The first-order chi connectivity index (χ1) is 10.3. The summed E-state index contributed by atoms with van der Waals surface area (Å²) in [5.74, 6) is -0.321. The van der Waals surface area contributed by atoms with Gasteiger partial charge in [0.2, 0.25) is 5.91 Å². The highest BCUT2D eigenvalue weighted by atomic mass is 32.2. The van der Waals surface area contributed by atoms with Gasteiger partial charge in [-0.15, -0.1) is 0 Å². The average Bonchev–Trinajstić information content (AvgIpc) is 2.81. The summed E-state index contributed by atoms with van der Waals surface area (Å²) in [5.41, 5.74) is 0.959. The van der Waals surface area contributed by atoms with Crippen LogP contribution in [0, 0.1) is 6.92 Å². The van der Waals surface area contributed by atoms with Gasteiger partial charge in [-0.1, -0.05) is 17.7 Å². The van der Waals surface area contributed by atoms with Crippen molar-refractivity contribution in [3.05, 3.63) is 29.8 Å². The molecule has 2 fully saturated rings. The van der Waals surface area contributed by atoms with Crippen molar-refractivity contribution in [3.8, 4) is 0 Å². The third-order valence-electron chi connectivity index (χ3n) is 4.62. The first kappa shape index (κ1) is 15.2. The molecule has 5 nitrogen and oxygen atoms in total. The van der Waals surface area contributed by atoms with Gasteiger partial charge in [0, 0.05) is 18.9 Å². The normalized spacial score (nSPS) is 28.8. The molecule has 2 aliphatic rings. The van der Waals surface area contributed by atoms with Crippen molar-refractivity contribution < 1.29 is 18.0 Å². The van der Waals surface area contributed by atoms with E-state index in [1.807, 2.05) is 13.8 Å². The Kier molecular flexibility index (Phi) is 3.59. The molecule has 0 aromatic heterocycles. The highest BCUT2D eigenvalue weighted by Gasteiger charge is 2.52. The smallest absolute Gasteiger partial charge is 0.223 e. The summed E-state index contributed by atoms with van der Waals surface area (Å²) in [6.07, 6.45) is 0.866. The molecule has 3 rings (SSSR count). The zero-order valence-corrected chi connectivity index (χ0v) is 13.5. The van der Waals surface area contributed by atoms with Crippen LogP contribution in [0.2, 0.25) is 0 Å². The molecule has 0 saturated carbocycles. The highest BCUT2D eigenvalue weighted by Crippen LogP contribution is 2.36. The standard InChI is InChI=1S/C16H19NO4S/c1-10-3-5-12(6-4-10)22(20,21)16-13-7-8-15(19)17(13)11(2)9-14(16)18/h3-6,11,13,16H,7-9H2,1-2H3/t11-,13-,16-/m0/s1. The molecule has 3 atom stereocenters. The number of sulfone groups is 1. The van der Waals surface area contributed by atoms with E-state index in [2.05, 4.69) is 0 Å². The molecule has 2 aliphatic heterocycles. The minimum absolute atomic E-state index is 0.0471. The van der Waals surface area contributed by atoms with E-state index in [1.165, 1.54) is 12.1 Å². The van der Waals surface area contributed by atoms with Crippen molar-refractivity contribution in [1.29, 1.82) is 0 Å². The fourth-order valence-electron chi connectivity index (χ4n) is 3.57. The minimum Gasteiger partial charge on any atom is -0.335 e. The summed E-state index contributed by atoms with van der Waals surface area (Å²) in [6.45, 7) is 3.68. The van der Waals surface area contributed by atoms with Crippen molar-refractivity contribution in [2.24, 2.45) is 0 Å². The molecule has 0 spiro atoms. The molecule has 0 unspecified atom stereocenters. The number of hydrogen-bond donors (Lipinski definition) is 0. The van der Waals surface area contributed by atoms with E-state index in [0.717, 1.165) is 5.56 Å². The molecule has 6 heteroatoms.